The summed E-state index contributed by atoms with van der Waals surface area (Å²) in [4.78, 5) is 55.2. The zero-order chi connectivity index (χ0) is 24.3. The molecule has 0 radical (unpaired) electrons. The number of carbonyl (C=O) groups excluding carboxylic acids is 4. The van der Waals surface area contributed by atoms with Crippen molar-refractivity contribution in [3.63, 3.8) is 0 Å². The molecule has 1 aromatic heterocycles. The molecule has 1 N–H and O–H groups in total. The fraction of sp³-hybridized carbons (Fsp3) is 0.231. The molecular formula is C26H26N2O5. The van der Waals surface area contributed by atoms with Crippen molar-refractivity contribution in [1.29, 1.82) is 0 Å². The van der Waals surface area contributed by atoms with Gasteiger partial charge in [-0.3, -0.25) is 14.4 Å². The zero-order valence-corrected chi connectivity index (χ0v) is 19.3. The van der Waals surface area contributed by atoms with Crippen LogP contribution in [-0.2, 0) is 4.74 Å². The largest absolute Gasteiger partial charge is 0.451 e. The Bertz CT molecular complexity index is 1230. The summed E-state index contributed by atoms with van der Waals surface area (Å²) in [7, 11) is 1.62. The number of benzene rings is 2. The van der Waals surface area contributed by atoms with Crippen LogP contribution in [0.5, 0.6) is 0 Å². The van der Waals surface area contributed by atoms with Crippen LogP contribution in [0.25, 0.3) is 0 Å². The van der Waals surface area contributed by atoms with Crippen molar-refractivity contribution in [3.05, 3.63) is 88.2 Å². The van der Waals surface area contributed by atoms with E-state index in [1.165, 1.54) is 24.8 Å². The highest BCUT2D eigenvalue weighted by molar-refractivity contribution is 6.12. The molecule has 0 bridgehead atoms. The molecule has 170 valence electrons. The summed E-state index contributed by atoms with van der Waals surface area (Å²) in [6, 6.07) is 15.4. The number of carbonyl (C=O) groups is 4. The van der Waals surface area contributed by atoms with Gasteiger partial charge in [-0.05, 0) is 57.5 Å². The molecule has 0 saturated heterocycles. The SMILES string of the molecule is CC(=O)c1c(C)[nH]c(C(=O)C(C)OC(=O)c2ccccc2C(=O)N(C)c2ccccc2)c1C. The molecule has 7 heteroatoms. The number of ether oxygens (including phenoxy) is 1. The van der Waals surface area contributed by atoms with Gasteiger partial charge in [0, 0.05) is 24.0 Å². The molecule has 0 aliphatic carbocycles. The minimum absolute atomic E-state index is 0.0637. The highest BCUT2D eigenvalue weighted by atomic mass is 16.5. The third-order valence-electron chi connectivity index (χ3n) is 5.51. The second-order valence-electron chi connectivity index (χ2n) is 7.84. The molecular weight excluding hydrogens is 420 g/mol. The lowest BCUT2D eigenvalue weighted by atomic mass is 10.0. The van der Waals surface area contributed by atoms with Crippen LogP contribution in [0, 0.1) is 13.8 Å². The standard InChI is InChI=1S/C26H26N2O5/c1-15-22(17(3)29)16(2)27-23(15)24(30)18(4)33-26(32)21-14-10-9-13-20(21)25(31)28(5)19-11-7-6-8-12-19/h6-14,18,27H,1-5H3. The first-order valence-corrected chi connectivity index (χ1v) is 10.5. The number of anilines is 1. The van der Waals surface area contributed by atoms with Gasteiger partial charge in [-0.2, -0.15) is 0 Å². The van der Waals surface area contributed by atoms with E-state index in [1.54, 1.807) is 51.2 Å². The van der Waals surface area contributed by atoms with E-state index < -0.39 is 17.9 Å². The number of ketones is 2. The number of hydrogen-bond acceptors (Lipinski definition) is 5. The maximum absolute atomic E-state index is 13.1. The second-order valence-corrected chi connectivity index (χ2v) is 7.84. The van der Waals surface area contributed by atoms with E-state index in [-0.39, 0.29) is 28.5 Å². The van der Waals surface area contributed by atoms with Gasteiger partial charge >= 0.3 is 5.97 Å². The van der Waals surface area contributed by atoms with E-state index in [1.807, 2.05) is 18.2 Å². The van der Waals surface area contributed by atoms with Crippen LogP contribution in [0.1, 0.15) is 66.7 Å². The summed E-state index contributed by atoms with van der Waals surface area (Å²) in [6.07, 6.45) is -1.12. The Hall–Kier alpha value is -4.00. The van der Waals surface area contributed by atoms with Gasteiger partial charge in [-0.1, -0.05) is 30.3 Å². The molecule has 0 saturated carbocycles. The lowest BCUT2D eigenvalue weighted by Crippen LogP contribution is -2.30. The maximum atomic E-state index is 13.1. The number of aromatic nitrogens is 1. The summed E-state index contributed by atoms with van der Waals surface area (Å²) >= 11 is 0. The lowest BCUT2D eigenvalue weighted by Gasteiger charge is -2.19. The number of H-pyrrole nitrogens is 1. The fourth-order valence-electron chi connectivity index (χ4n) is 3.80. The maximum Gasteiger partial charge on any atom is 0.339 e. The number of esters is 1. The van der Waals surface area contributed by atoms with Crippen LogP contribution < -0.4 is 4.90 Å². The molecule has 7 nitrogen and oxygen atoms in total. The molecule has 0 aliphatic rings. The Morgan fingerprint density at radius 3 is 2.06 bits per heavy atom. The van der Waals surface area contributed by atoms with Crippen molar-refractivity contribution in [1.82, 2.24) is 4.98 Å². The van der Waals surface area contributed by atoms with Crippen LogP contribution in [-0.4, -0.2) is 41.6 Å². The van der Waals surface area contributed by atoms with Crippen molar-refractivity contribution < 1.29 is 23.9 Å². The van der Waals surface area contributed by atoms with Crippen molar-refractivity contribution in [3.8, 4) is 0 Å². The minimum atomic E-state index is -1.12. The summed E-state index contributed by atoms with van der Waals surface area (Å²) in [6.45, 7) is 6.28. The summed E-state index contributed by atoms with van der Waals surface area (Å²) in [5.74, 6) is -1.77. The summed E-state index contributed by atoms with van der Waals surface area (Å²) < 4.78 is 5.43. The monoisotopic (exact) mass is 446 g/mol. The number of aryl methyl sites for hydroxylation is 1. The smallest absolute Gasteiger partial charge is 0.339 e. The molecule has 0 spiro atoms. The number of rotatable bonds is 7. The Morgan fingerprint density at radius 1 is 0.909 bits per heavy atom. The Kier molecular flexibility index (Phi) is 6.92. The Balaban J connectivity index is 1.83. The highest BCUT2D eigenvalue weighted by Crippen LogP contribution is 2.22. The Labute approximate surface area is 192 Å². The molecule has 3 aromatic rings. The molecule has 1 amide bonds. The first-order chi connectivity index (χ1) is 15.6. The highest BCUT2D eigenvalue weighted by Gasteiger charge is 2.28. The number of nitrogens with zero attached hydrogens (tertiary/aromatic N) is 1. The summed E-state index contributed by atoms with van der Waals surface area (Å²) in [5, 5.41) is 0. The lowest BCUT2D eigenvalue weighted by molar-refractivity contribution is 0.0315. The third-order valence-corrected chi connectivity index (χ3v) is 5.51. The van der Waals surface area contributed by atoms with E-state index in [0.717, 1.165) is 0 Å². The van der Waals surface area contributed by atoms with Crippen LogP contribution in [0.15, 0.2) is 54.6 Å². The van der Waals surface area contributed by atoms with E-state index in [0.29, 0.717) is 22.5 Å². The number of nitrogens with one attached hydrogen (secondary N) is 1. The number of Topliss-reactive ketones (excluding diaryl/α,β-unsaturated/α-hetero) is 2. The number of hydrogen-bond donors (Lipinski definition) is 1. The van der Waals surface area contributed by atoms with Gasteiger partial charge in [-0.15, -0.1) is 0 Å². The number of aromatic amines is 1. The van der Waals surface area contributed by atoms with E-state index in [4.69, 9.17) is 4.74 Å². The molecule has 1 unspecified atom stereocenters. The van der Waals surface area contributed by atoms with Gasteiger partial charge in [0.15, 0.2) is 11.9 Å². The van der Waals surface area contributed by atoms with Crippen LogP contribution >= 0.6 is 0 Å². The molecule has 0 fully saturated rings. The van der Waals surface area contributed by atoms with Gasteiger partial charge < -0.3 is 14.6 Å². The van der Waals surface area contributed by atoms with Crippen molar-refractivity contribution in [2.75, 3.05) is 11.9 Å². The predicted octanol–water partition coefficient (Wildman–Crippen LogP) is 4.54. The predicted molar refractivity (Wildman–Crippen MR) is 125 cm³/mol. The van der Waals surface area contributed by atoms with Crippen molar-refractivity contribution in [2.45, 2.75) is 33.8 Å². The van der Waals surface area contributed by atoms with E-state index >= 15 is 0 Å². The average molecular weight is 447 g/mol. The Morgan fingerprint density at radius 2 is 1.48 bits per heavy atom. The van der Waals surface area contributed by atoms with Gasteiger partial charge in [-0.25, -0.2) is 4.79 Å². The van der Waals surface area contributed by atoms with Crippen LogP contribution in [0.3, 0.4) is 0 Å². The zero-order valence-electron chi connectivity index (χ0n) is 19.3. The normalized spacial score (nSPS) is 11.5. The second kappa shape index (κ2) is 9.65. The number of para-hydroxylation sites is 1. The van der Waals surface area contributed by atoms with Crippen molar-refractivity contribution in [2.24, 2.45) is 0 Å². The van der Waals surface area contributed by atoms with Gasteiger partial charge in [0.2, 0.25) is 5.78 Å². The first-order valence-electron chi connectivity index (χ1n) is 10.5. The minimum Gasteiger partial charge on any atom is -0.451 e. The quantitative estimate of drug-likeness (QED) is 0.425. The first kappa shape index (κ1) is 23.7. The molecule has 33 heavy (non-hydrogen) atoms. The topological polar surface area (TPSA) is 96.5 Å². The van der Waals surface area contributed by atoms with Gasteiger partial charge in [0.05, 0.1) is 16.8 Å². The van der Waals surface area contributed by atoms with Crippen LogP contribution in [0.2, 0.25) is 0 Å². The van der Waals surface area contributed by atoms with Gasteiger partial charge in [0.25, 0.3) is 5.91 Å². The average Bonchev–Trinajstić information content (AvgIpc) is 3.11. The fourth-order valence-corrected chi connectivity index (χ4v) is 3.80. The number of amides is 1. The summed E-state index contributed by atoms with van der Waals surface area (Å²) in [5.41, 5.74) is 2.69. The molecule has 2 aromatic carbocycles. The molecule has 3 rings (SSSR count). The van der Waals surface area contributed by atoms with E-state index in [9.17, 15) is 19.2 Å². The molecule has 1 heterocycles. The van der Waals surface area contributed by atoms with Crippen molar-refractivity contribution >= 4 is 29.1 Å². The van der Waals surface area contributed by atoms with E-state index in [2.05, 4.69) is 4.98 Å². The van der Waals surface area contributed by atoms with Gasteiger partial charge in [0.1, 0.15) is 0 Å². The molecule has 1 atom stereocenters. The van der Waals surface area contributed by atoms with Crippen LogP contribution in [0.4, 0.5) is 5.69 Å². The third kappa shape index (κ3) is 4.77. The molecule has 0 aliphatic heterocycles.